The summed E-state index contributed by atoms with van der Waals surface area (Å²) in [5.74, 6) is -3.31. The van der Waals surface area contributed by atoms with E-state index < -0.39 is 47.4 Å². The van der Waals surface area contributed by atoms with E-state index in [0.29, 0.717) is 23.0 Å². The van der Waals surface area contributed by atoms with Gasteiger partial charge >= 0.3 is 11.9 Å². The molecule has 2 N–H and O–H groups in total. The number of rotatable bonds is 11. The smallest absolute Gasteiger partial charge is 0.343 e. The van der Waals surface area contributed by atoms with Crippen molar-refractivity contribution in [2.24, 2.45) is 0 Å². The first-order valence-electron chi connectivity index (χ1n) is 15.9. The van der Waals surface area contributed by atoms with Crippen molar-refractivity contribution in [1.82, 2.24) is 19.8 Å². The van der Waals surface area contributed by atoms with Crippen LogP contribution in [0.3, 0.4) is 0 Å². The fourth-order valence-electron chi connectivity index (χ4n) is 6.65. The highest BCUT2D eigenvalue weighted by Crippen LogP contribution is 2.41. The van der Waals surface area contributed by atoms with Crippen LogP contribution in [0, 0.1) is 0 Å². The topological polar surface area (TPSA) is 191 Å². The summed E-state index contributed by atoms with van der Waals surface area (Å²) in [4.78, 5) is 93.0. The van der Waals surface area contributed by atoms with E-state index in [9.17, 15) is 38.7 Å². The number of nitrogens with zero attached hydrogens (tertiary/aromatic N) is 3. The Kier molecular flexibility index (Phi) is 9.15. The van der Waals surface area contributed by atoms with Crippen LogP contribution < -0.4 is 15.6 Å². The van der Waals surface area contributed by atoms with E-state index in [1.54, 1.807) is 29.9 Å². The van der Waals surface area contributed by atoms with E-state index in [2.05, 4.69) is 10.3 Å². The third-order valence-corrected chi connectivity index (χ3v) is 10.2. The van der Waals surface area contributed by atoms with Crippen molar-refractivity contribution >= 4 is 58.1 Å². The van der Waals surface area contributed by atoms with Crippen LogP contribution in [-0.4, -0.2) is 79.6 Å². The summed E-state index contributed by atoms with van der Waals surface area (Å²) in [6.45, 7) is 3.03. The van der Waals surface area contributed by atoms with Crippen LogP contribution in [0.15, 0.2) is 29.2 Å². The molecule has 1 fully saturated rings. The van der Waals surface area contributed by atoms with Crippen molar-refractivity contribution in [3.63, 3.8) is 0 Å². The standard InChI is InChI=1S/C34H34N4O10S/c1-4-19-20-9-18(48-30(42)14-36-28(40)8-17(39)6-7-37-29(41)12-27(49-3)32(37)44)13-35-25(20)10-21-22(19)15-38-26(21)11-24-23(31(38)43)16-47-33(45)34(24,46)5-2/h9-11,13,27,46H,4-8,12,14-16H2,1-3H3,(H,36,40)/t27?,34-/m0/s1. The number of nitrogens with one attached hydrogen (secondary N) is 1. The molecular formula is C34H34N4O10S. The van der Waals surface area contributed by atoms with Gasteiger partial charge in [-0.2, -0.15) is 11.8 Å². The second kappa shape index (κ2) is 13.2. The molecule has 3 aliphatic rings. The Labute approximate surface area is 284 Å². The number of carbonyl (C=O) groups is 6. The fourth-order valence-corrected chi connectivity index (χ4v) is 7.28. The average molecular weight is 691 g/mol. The van der Waals surface area contributed by atoms with Crippen LogP contribution >= 0.6 is 11.8 Å². The predicted molar refractivity (Wildman–Crippen MR) is 175 cm³/mol. The lowest BCUT2D eigenvalue weighted by molar-refractivity contribution is -0.172. The molecule has 1 saturated heterocycles. The molecule has 14 nitrogen and oxygen atoms in total. The van der Waals surface area contributed by atoms with Gasteiger partial charge in [0.25, 0.3) is 5.56 Å². The number of aliphatic hydroxyl groups is 1. The first kappa shape index (κ1) is 34.0. The van der Waals surface area contributed by atoms with Crippen LogP contribution in [0.4, 0.5) is 0 Å². The Bertz CT molecular complexity index is 2020. The van der Waals surface area contributed by atoms with Crippen LogP contribution in [-0.2, 0) is 58.7 Å². The number of ketones is 1. The Morgan fingerprint density at radius 3 is 2.61 bits per heavy atom. The second-order valence-corrected chi connectivity index (χ2v) is 13.1. The van der Waals surface area contributed by atoms with E-state index in [1.165, 1.54) is 18.0 Å². The molecule has 1 unspecified atom stereocenters. The lowest BCUT2D eigenvalue weighted by Gasteiger charge is -2.31. The number of hydrogen-bond donors (Lipinski definition) is 2. The summed E-state index contributed by atoms with van der Waals surface area (Å²) in [6.07, 6.45) is 3.10. The summed E-state index contributed by atoms with van der Waals surface area (Å²) >= 11 is 1.27. The average Bonchev–Trinajstić information content (AvgIpc) is 3.58. The largest absolute Gasteiger partial charge is 0.458 e. The number of fused-ring (bicyclic) bond motifs is 5. The molecule has 2 aromatic heterocycles. The van der Waals surface area contributed by atoms with E-state index in [-0.39, 0.29) is 73.2 Å². The Morgan fingerprint density at radius 1 is 1.14 bits per heavy atom. The summed E-state index contributed by atoms with van der Waals surface area (Å²) < 4.78 is 12.2. The van der Waals surface area contributed by atoms with Crippen molar-refractivity contribution in [1.29, 1.82) is 0 Å². The quantitative estimate of drug-likeness (QED) is 0.131. The molecule has 49 heavy (non-hydrogen) atoms. The number of benzene rings is 1. The SMILES string of the molecule is CCc1c2c(cc3ncc(OC(=O)CNC(=O)CC(=O)CCN4C(=O)CC(SC)C4=O)cc13)-c1cc3c(c(=O)n1C2)COC(=O)[C@]3(O)CC. The van der Waals surface area contributed by atoms with E-state index in [1.807, 2.05) is 13.0 Å². The van der Waals surface area contributed by atoms with Gasteiger partial charge in [-0.15, -0.1) is 0 Å². The minimum atomic E-state index is -1.92. The number of pyridine rings is 2. The fraction of sp³-hybridized carbons (Fsp3) is 0.412. The van der Waals surface area contributed by atoms with Gasteiger partial charge in [0.15, 0.2) is 5.60 Å². The van der Waals surface area contributed by atoms with Gasteiger partial charge in [-0.05, 0) is 48.4 Å². The summed E-state index contributed by atoms with van der Waals surface area (Å²) in [7, 11) is 0. The molecule has 6 rings (SSSR count). The third kappa shape index (κ3) is 6.01. The van der Waals surface area contributed by atoms with Crippen molar-refractivity contribution in [2.45, 2.75) is 70.0 Å². The van der Waals surface area contributed by atoms with Gasteiger partial charge in [-0.3, -0.25) is 33.9 Å². The van der Waals surface area contributed by atoms with Gasteiger partial charge in [0.05, 0.1) is 41.2 Å². The molecule has 1 aromatic carbocycles. The molecule has 256 valence electrons. The molecule has 0 radical (unpaired) electrons. The van der Waals surface area contributed by atoms with Gasteiger partial charge in [-0.25, -0.2) is 9.59 Å². The number of Topliss-reactive ketones (excluding diaryl/α,β-unsaturated/α-hetero) is 1. The Balaban J connectivity index is 1.12. The number of imide groups is 1. The van der Waals surface area contributed by atoms with Gasteiger partial charge in [-0.1, -0.05) is 13.8 Å². The summed E-state index contributed by atoms with van der Waals surface area (Å²) in [6, 6.07) is 5.17. The maximum absolute atomic E-state index is 13.6. The summed E-state index contributed by atoms with van der Waals surface area (Å²) in [5.41, 5.74) is 1.86. The minimum absolute atomic E-state index is 0.0432. The molecule has 0 aliphatic carbocycles. The zero-order chi connectivity index (χ0) is 35.2. The maximum Gasteiger partial charge on any atom is 0.343 e. The van der Waals surface area contributed by atoms with Gasteiger partial charge in [0.2, 0.25) is 17.7 Å². The normalized spacial score (nSPS) is 19.4. The Morgan fingerprint density at radius 2 is 1.92 bits per heavy atom. The van der Waals surface area contributed by atoms with Crippen molar-refractivity contribution in [2.75, 3.05) is 19.3 Å². The van der Waals surface area contributed by atoms with E-state index in [4.69, 9.17) is 9.47 Å². The van der Waals surface area contributed by atoms with Crippen LogP contribution in [0.25, 0.3) is 22.2 Å². The van der Waals surface area contributed by atoms with Crippen molar-refractivity contribution < 1.29 is 43.3 Å². The highest BCUT2D eigenvalue weighted by molar-refractivity contribution is 8.00. The maximum atomic E-state index is 13.6. The number of cyclic esters (lactones) is 1. The molecule has 2 atom stereocenters. The van der Waals surface area contributed by atoms with Gasteiger partial charge < -0.3 is 24.5 Å². The zero-order valence-corrected chi connectivity index (χ0v) is 27.9. The second-order valence-electron chi connectivity index (χ2n) is 12.1. The number of aromatic nitrogens is 2. The third-order valence-electron chi connectivity index (χ3n) is 9.30. The number of thioether (sulfide) groups is 1. The molecule has 0 saturated carbocycles. The van der Waals surface area contributed by atoms with Gasteiger partial charge in [0.1, 0.15) is 24.7 Å². The number of hydrogen-bond acceptors (Lipinski definition) is 12. The van der Waals surface area contributed by atoms with Crippen molar-refractivity contribution in [3.05, 3.63) is 57.0 Å². The molecule has 5 heterocycles. The first-order valence-corrected chi connectivity index (χ1v) is 17.2. The van der Waals surface area contributed by atoms with Gasteiger partial charge in [0, 0.05) is 35.9 Å². The number of ether oxygens (including phenoxy) is 2. The molecular weight excluding hydrogens is 656 g/mol. The number of aryl methyl sites for hydroxylation is 1. The predicted octanol–water partition coefficient (Wildman–Crippen LogP) is 1.50. The number of likely N-dealkylation sites (tertiary alicyclic amines) is 1. The van der Waals surface area contributed by atoms with Crippen LogP contribution in [0.1, 0.15) is 61.8 Å². The zero-order valence-electron chi connectivity index (χ0n) is 27.1. The molecule has 3 amide bonds. The van der Waals surface area contributed by atoms with Crippen LogP contribution in [0.2, 0.25) is 0 Å². The Hall–Kier alpha value is -4.89. The lowest BCUT2D eigenvalue weighted by atomic mass is 9.85. The highest BCUT2D eigenvalue weighted by atomic mass is 32.2. The molecule has 15 heteroatoms. The minimum Gasteiger partial charge on any atom is -0.458 e. The highest BCUT2D eigenvalue weighted by Gasteiger charge is 2.45. The molecule has 0 bridgehead atoms. The number of amides is 3. The number of carbonyl (C=O) groups excluding carboxylic acids is 6. The molecule has 0 spiro atoms. The van der Waals surface area contributed by atoms with Crippen LogP contribution in [0.5, 0.6) is 5.75 Å². The number of esters is 2. The molecule has 3 aromatic rings. The first-order chi connectivity index (χ1) is 23.4. The molecule has 3 aliphatic heterocycles. The van der Waals surface area contributed by atoms with E-state index in [0.717, 1.165) is 21.6 Å². The van der Waals surface area contributed by atoms with Crippen molar-refractivity contribution in [3.8, 4) is 17.0 Å². The monoisotopic (exact) mass is 690 g/mol. The van der Waals surface area contributed by atoms with E-state index >= 15 is 0 Å². The summed E-state index contributed by atoms with van der Waals surface area (Å²) in [5, 5.41) is 13.7. The lowest BCUT2D eigenvalue weighted by Crippen LogP contribution is -2.44.